The first kappa shape index (κ1) is 13.8. The highest BCUT2D eigenvalue weighted by molar-refractivity contribution is 5.78. The van der Waals surface area contributed by atoms with Crippen molar-refractivity contribution in [2.45, 2.75) is 51.0 Å². The fourth-order valence-electron chi connectivity index (χ4n) is 3.08. The zero-order valence-electron chi connectivity index (χ0n) is 11.3. The summed E-state index contributed by atoms with van der Waals surface area (Å²) < 4.78 is 0. The van der Waals surface area contributed by atoms with Gasteiger partial charge in [-0.2, -0.15) is 0 Å². The Bertz CT molecular complexity index is 263. The summed E-state index contributed by atoms with van der Waals surface area (Å²) in [6.45, 7) is 3.51. The van der Waals surface area contributed by atoms with Gasteiger partial charge < -0.3 is 10.0 Å². The minimum Gasteiger partial charge on any atom is -0.395 e. The van der Waals surface area contributed by atoms with E-state index in [9.17, 15) is 9.90 Å². The second-order valence-corrected chi connectivity index (χ2v) is 5.60. The molecule has 0 radical (unpaired) electrons. The van der Waals surface area contributed by atoms with Crippen LogP contribution in [0.15, 0.2) is 0 Å². The molecular formula is C14H26N2O2. The Kier molecular flexibility index (Phi) is 5.45. The summed E-state index contributed by atoms with van der Waals surface area (Å²) >= 11 is 0. The van der Waals surface area contributed by atoms with Gasteiger partial charge in [-0.25, -0.2) is 0 Å². The van der Waals surface area contributed by atoms with Crippen molar-refractivity contribution in [2.75, 3.05) is 32.8 Å². The minimum atomic E-state index is 0.188. The molecule has 0 bridgehead atoms. The van der Waals surface area contributed by atoms with Gasteiger partial charge in [-0.3, -0.25) is 9.69 Å². The number of nitrogens with zero attached hydrogens (tertiary/aromatic N) is 2. The Hall–Kier alpha value is -0.610. The molecule has 18 heavy (non-hydrogen) atoms. The van der Waals surface area contributed by atoms with Crippen LogP contribution >= 0.6 is 0 Å². The van der Waals surface area contributed by atoms with Crippen molar-refractivity contribution in [1.29, 1.82) is 0 Å². The van der Waals surface area contributed by atoms with Crippen LogP contribution in [0.2, 0.25) is 0 Å². The lowest BCUT2D eigenvalue weighted by Gasteiger charge is -2.29. The molecule has 2 saturated heterocycles. The van der Waals surface area contributed by atoms with Gasteiger partial charge in [0.25, 0.3) is 0 Å². The van der Waals surface area contributed by atoms with E-state index < -0.39 is 0 Å². The predicted molar refractivity (Wildman–Crippen MR) is 71.3 cm³/mol. The van der Waals surface area contributed by atoms with Gasteiger partial charge >= 0.3 is 0 Å². The van der Waals surface area contributed by atoms with E-state index in [-0.39, 0.29) is 18.6 Å². The van der Waals surface area contributed by atoms with Crippen LogP contribution in [0.1, 0.15) is 44.9 Å². The van der Waals surface area contributed by atoms with Crippen LogP contribution in [0.5, 0.6) is 0 Å². The van der Waals surface area contributed by atoms with Gasteiger partial charge in [-0.05, 0) is 32.2 Å². The molecule has 2 rings (SSSR count). The molecule has 0 aromatic carbocycles. The molecule has 0 aromatic heterocycles. The number of aliphatic hydroxyl groups is 1. The van der Waals surface area contributed by atoms with E-state index in [1.807, 2.05) is 4.90 Å². The maximum atomic E-state index is 12.3. The Balaban J connectivity index is 1.82. The number of aliphatic hydroxyl groups excluding tert-OH is 1. The van der Waals surface area contributed by atoms with Crippen LogP contribution < -0.4 is 0 Å². The van der Waals surface area contributed by atoms with Crippen molar-refractivity contribution in [2.24, 2.45) is 0 Å². The van der Waals surface area contributed by atoms with Crippen molar-refractivity contribution in [3.8, 4) is 0 Å². The molecule has 1 N–H and O–H groups in total. The van der Waals surface area contributed by atoms with Crippen LogP contribution in [0.4, 0.5) is 0 Å². The molecule has 2 heterocycles. The van der Waals surface area contributed by atoms with Crippen LogP contribution in [-0.4, -0.2) is 59.6 Å². The van der Waals surface area contributed by atoms with E-state index in [0.29, 0.717) is 6.54 Å². The molecule has 2 aliphatic heterocycles. The van der Waals surface area contributed by atoms with Crippen molar-refractivity contribution in [3.05, 3.63) is 0 Å². The Morgan fingerprint density at radius 3 is 2.33 bits per heavy atom. The summed E-state index contributed by atoms with van der Waals surface area (Å²) in [5.41, 5.74) is 0. The standard InChI is InChI=1S/C14H26N2O2/c17-12-13-7-6-10-16(13)11-14(18)15-8-4-2-1-3-5-9-15/h13,17H,1-12H2. The van der Waals surface area contributed by atoms with Gasteiger partial charge in [0, 0.05) is 19.1 Å². The SMILES string of the molecule is O=C(CN1CCCC1CO)N1CCCCCCC1. The van der Waals surface area contributed by atoms with E-state index in [4.69, 9.17) is 0 Å². The summed E-state index contributed by atoms with van der Waals surface area (Å²) in [7, 11) is 0. The normalized spacial score (nSPS) is 26.9. The van der Waals surface area contributed by atoms with Gasteiger partial charge in [0.1, 0.15) is 0 Å². The van der Waals surface area contributed by atoms with Crippen molar-refractivity contribution in [3.63, 3.8) is 0 Å². The second-order valence-electron chi connectivity index (χ2n) is 5.60. The topological polar surface area (TPSA) is 43.8 Å². The maximum Gasteiger partial charge on any atom is 0.236 e. The highest BCUT2D eigenvalue weighted by atomic mass is 16.3. The molecule has 1 atom stereocenters. The largest absolute Gasteiger partial charge is 0.395 e. The first-order valence-corrected chi connectivity index (χ1v) is 7.44. The molecular weight excluding hydrogens is 228 g/mol. The number of carbonyl (C=O) groups excluding carboxylic acids is 1. The van der Waals surface area contributed by atoms with Gasteiger partial charge in [-0.15, -0.1) is 0 Å². The summed E-state index contributed by atoms with van der Waals surface area (Å²) in [6.07, 6.45) is 8.27. The van der Waals surface area contributed by atoms with Crippen LogP contribution in [0.25, 0.3) is 0 Å². The molecule has 2 aliphatic rings. The fraction of sp³-hybridized carbons (Fsp3) is 0.929. The van der Waals surface area contributed by atoms with Crippen LogP contribution in [-0.2, 0) is 4.79 Å². The van der Waals surface area contributed by atoms with Crippen LogP contribution in [0, 0.1) is 0 Å². The van der Waals surface area contributed by atoms with Gasteiger partial charge in [-0.1, -0.05) is 19.3 Å². The van der Waals surface area contributed by atoms with E-state index in [1.54, 1.807) is 0 Å². The molecule has 4 nitrogen and oxygen atoms in total. The fourth-order valence-corrected chi connectivity index (χ4v) is 3.08. The van der Waals surface area contributed by atoms with Crippen molar-refractivity contribution >= 4 is 5.91 Å². The average Bonchev–Trinajstić information content (AvgIpc) is 2.75. The Labute approximate surface area is 110 Å². The zero-order valence-corrected chi connectivity index (χ0v) is 11.3. The maximum absolute atomic E-state index is 12.3. The molecule has 0 aromatic rings. The molecule has 0 spiro atoms. The summed E-state index contributed by atoms with van der Waals surface area (Å²) in [5, 5.41) is 9.28. The highest BCUT2D eigenvalue weighted by Crippen LogP contribution is 2.17. The first-order chi connectivity index (χ1) is 8.81. The molecule has 0 aliphatic carbocycles. The van der Waals surface area contributed by atoms with Gasteiger partial charge in [0.05, 0.1) is 13.2 Å². The molecule has 1 unspecified atom stereocenters. The lowest BCUT2D eigenvalue weighted by Crippen LogP contribution is -2.44. The highest BCUT2D eigenvalue weighted by Gasteiger charge is 2.27. The second kappa shape index (κ2) is 7.10. The first-order valence-electron chi connectivity index (χ1n) is 7.44. The zero-order chi connectivity index (χ0) is 12.8. The molecule has 2 fully saturated rings. The third-order valence-electron chi connectivity index (χ3n) is 4.26. The number of amides is 1. The predicted octanol–water partition coefficient (Wildman–Crippen LogP) is 1.24. The van der Waals surface area contributed by atoms with Crippen LogP contribution in [0.3, 0.4) is 0 Å². The number of rotatable bonds is 3. The van der Waals surface area contributed by atoms with E-state index >= 15 is 0 Å². The number of likely N-dealkylation sites (tertiary alicyclic amines) is 2. The molecule has 1 amide bonds. The van der Waals surface area contributed by atoms with Crippen molar-refractivity contribution in [1.82, 2.24) is 9.80 Å². The monoisotopic (exact) mass is 254 g/mol. The average molecular weight is 254 g/mol. The molecule has 4 heteroatoms. The number of hydrogen-bond donors (Lipinski definition) is 1. The van der Waals surface area contributed by atoms with Gasteiger partial charge in [0.2, 0.25) is 5.91 Å². The van der Waals surface area contributed by atoms with E-state index in [0.717, 1.165) is 45.3 Å². The lowest BCUT2D eigenvalue weighted by molar-refractivity contribution is -0.133. The van der Waals surface area contributed by atoms with E-state index in [2.05, 4.69) is 4.90 Å². The third-order valence-corrected chi connectivity index (χ3v) is 4.26. The quantitative estimate of drug-likeness (QED) is 0.824. The summed E-state index contributed by atoms with van der Waals surface area (Å²) in [6, 6.07) is 0.212. The third kappa shape index (κ3) is 3.69. The smallest absolute Gasteiger partial charge is 0.236 e. The Morgan fingerprint density at radius 2 is 1.67 bits per heavy atom. The van der Waals surface area contributed by atoms with Gasteiger partial charge in [0.15, 0.2) is 0 Å². The molecule has 104 valence electrons. The number of carbonyl (C=O) groups is 1. The number of hydrogen-bond acceptors (Lipinski definition) is 3. The Morgan fingerprint density at radius 1 is 1.00 bits per heavy atom. The summed E-state index contributed by atoms with van der Waals surface area (Å²) in [5.74, 6) is 0.261. The summed E-state index contributed by atoms with van der Waals surface area (Å²) in [4.78, 5) is 16.5. The van der Waals surface area contributed by atoms with Crippen molar-refractivity contribution < 1.29 is 9.90 Å². The minimum absolute atomic E-state index is 0.188. The lowest BCUT2D eigenvalue weighted by atomic mass is 10.1. The van der Waals surface area contributed by atoms with E-state index in [1.165, 1.54) is 19.3 Å². The molecule has 0 saturated carbocycles.